The molecule has 0 bridgehead atoms. The second-order valence-electron chi connectivity index (χ2n) is 7.29. The van der Waals surface area contributed by atoms with E-state index in [1.54, 1.807) is 12.4 Å². The monoisotopic (exact) mass is 362 g/mol. The van der Waals surface area contributed by atoms with Gasteiger partial charge in [0, 0.05) is 18.9 Å². The maximum Gasteiger partial charge on any atom is 0.255 e. The maximum absolute atomic E-state index is 13.0. The van der Waals surface area contributed by atoms with Crippen molar-refractivity contribution in [3.63, 3.8) is 0 Å². The average molecular weight is 362 g/mol. The molecule has 2 aromatic heterocycles. The number of hydrogen-bond acceptors (Lipinski definition) is 3. The van der Waals surface area contributed by atoms with Crippen LogP contribution < -0.4 is 5.32 Å². The van der Waals surface area contributed by atoms with Crippen LogP contribution in [0, 0.1) is 19.8 Å². The Labute approximate surface area is 160 Å². The molecule has 3 rings (SSSR count). The van der Waals surface area contributed by atoms with Gasteiger partial charge in [0.2, 0.25) is 0 Å². The second kappa shape index (κ2) is 8.16. The molecule has 140 valence electrons. The van der Waals surface area contributed by atoms with E-state index in [2.05, 4.69) is 43.2 Å². The lowest BCUT2D eigenvalue weighted by Crippen LogP contribution is -2.24. The number of aromatic nitrogens is 3. The topological polar surface area (TPSA) is 59.8 Å². The van der Waals surface area contributed by atoms with E-state index in [4.69, 9.17) is 5.10 Å². The van der Waals surface area contributed by atoms with Crippen molar-refractivity contribution in [3.8, 4) is 5.69 Å². The Bertz CT molecular complexity index is 929. The van der Waals surface area contributed by atoms with Gasteiger partial charge in [-0.15, -0.1) is 0 Å². The van der Waals surface area contributed by atoms with Gasteiger partial charge in [-0.3, -0.25) is 9.78 Å². The van der Waals surface area contributed by atoms with Gasteiger partial charge in [0.15, 0.2) is 0 Å². The van der Waals surface area contributed by atoms with Gasteiger partial charge in [-0.2, -0.15) is 5.10 Å². The van der Waals surface area contributed by atoms with Crippen LogP contribution in [0.25, 0.3) is 5.69 Å². The summed E-state index contributed by atoms with van der Waals surface area (Å²) in [6, 6.07) is 12.0. The smallest absolute Gasteiger partial charge is 0.255 e. The lowest BCUT2D eigenvalue weighted by atomic mass is 10.0. The number of hydrogen-bond donors (Lipinski definition) is 1. The number of carbonyl (C=O) groups is 1. The van der Waals surface area contributed by atoms with E-state index in [-0.39, 0.29) is 5.91 Å². The van der Waals surface area contributed by atoms with Crippen LogP contribution in [0.1, 0.15) is 46.7 Å². The summed E-state index contributed by atoms with van der Waals surface area (Å²) in [6.07, 6.45) is 4.22. The Morgan fingerprint density at radius 2 is 1.89 bits per heavy atom. The third kappa shape index (κ3) is 4.42. The molecule has 0 spiro atoms. The van der Waals surface area contributed by atoms with Crippen LogP contribution in [0.15, 0.2) is 48.8 Å². The zero-order chi connectivity index (χ0) is 19.4. The maximum atomic E-state index is 13.0. The second-order valence-corrected chi connectivity index (χ2v) is 7.29. The number of nitrogens with zero attached hydrogens (tertiary/aromatic N) is 3. The van der Waals surface area contributed by atoms with Crippen molar-refractivity contribution >= 4 is 5.91 Å². The molecular weight excluding hydrogens is 336 g/mol. The summed E-state index contributed by atoms with van der Waals surface area (Å²) in [7, 11) is 0. The van der Waals surface area contributed by atoms with E-state index in [1.807, 2.05) is 35.9 Å². The van der Waals surface area contributed by atoms with Crippen molar-refractivity contribution in [2.45, 2.75) is 40.7 Å². The number of pyridine rings is 1. The highest BCUT2D eigenvalue weighted by Crippen LogP contribution is 2.21. The third-order valence-corrected chi connectivity index (χ3v) is 4.47. The molecule has 5 heteroatoms. The van der Waals surface area contributed by atoms with Gasteiger partial charge in [-0.1, -0.05) is 26.0 Å². The predicted octanol–water partition coefficient (Wildman–Crippen LogP) is 4.01. The predicted molar refractivity (Wildman–Crippen MR) is 107 cm³/mol. The summed E-state index contributed by atoms with van der Waals surface area (Å²) in [5, 5.41) is 7.81. The minimum absolute atomic E-state index is 0.0844. The number of carbonyl (C=O) groups excluding carboxylic acids is 1. The first-order valence-electron chi connectivity index (χ1n) is 9.28. The molecule has 3 aromatic rings. The molecule has 0 saturated carbocycles. The van der Waals surface area contributed by atoms with Crippen LogP contribution >= 0.6 is 0 Å². The van der Waals surface area contributed by atoms with Gasteiger partial charge in [0.05, 0.1) is 22.6 Å². The first-order valence-corrected chi connectivity index (χ1v) is 9.28. The summed E-state index contributed by atoms with van der Waals surface area (Å²) in [5.74, 6) is 0.330. The number of benzene rings is 1. The van der Waals surface area contributed by atoms with E-state index in [0.717, 1.165) is 34.6 Å². The molecule has 0 atom stereocenters. The Hall–Kier alpha value is -2.95. The number of amides is 1. The Morgan fingerprint density at radius 1 is 1.15 bits per heavy atom. The number of rotatable bonds is 6. The zero-order valence-corrected chi connectivity index (χ0v) is 16.4. The lowest BCUT2D eigenvalue weighted by Gasteiger charge is -2.08. The fourth-order valence-electron chi connectivity index (χ4n) is 3.17. The van der Waals surface area contributed by atoms with Gasteiger partial charge in [-0.25, -0.2) is 4.68 Å². The van der Waals surface area contributed by atoms with E-state index >= 15 is 0 Å². The standard InChI is InChI=1S/C22H26N4O/c1-15(2)12-20-21(22(27)24-14-18-8-10-23-11-9-18)17(4)26(25-20)19-7-5-6-16(3)13-19/h5-11,13,15H,12,14H2,1-4H3,(H,24,27). The van der Waals surface area contributed by atoms with Crippen molar-refractivity contribution < 1.29 is 4.79 Å². The molecule has 1 amide bonds. The minimum atomic E-state index is -0.0844. The molecule has 1 N–H and O–H groups in total. The Morgan fingerprint density at radius 3 is 2.56 bits per heavy atom. The highest BCUT2D eigenvalue weighted by molar-refractivity contribution is 5.96. The van der Waals surface area contributed by atoms with Crippen LogP contribution in [0.4, 0.5) is 0 Å². The first-order chi connectivity index (χ1) is 13.0. The summed E-state index contributed by atoms with van der Waals surface area (Å²) in [4.78, 5) is 17.0. The summed E-state index contributed by atoms with van der Waals surface area (Å²) < 4.78 is 1.88. The molecule has 27 heavy (non-hydrogen) atoms. The van der Waals surface area contributed by atoms with Crippen LogP contribution in [-0.2, 0) is 13.0 Å². The summed E-state index contributed by atoms with van der Waals surface area (Å²) >= 11 is 0. The van der Waals surface area contributed by atoms with Crippen LogP contribution in [0.5, 0.6) is 0 Å². The zero-order valence-electron chi connectivity index (χ0n) is 16.4. The Balaban J connectivity index is 1.93. The molecule has 0 aliphatic heterocycles. The molecule has 2 heterocycles. The summed E-state index contributed by atoms with van der Waals surface area (Å²) in [5.41, 5.74) is 5.55. The van der Waals surface area contributed by atoms with E-state index < -0.39 is 0 Å². The normalized spacial score (nSPS) is 11.0. The Kier molecular flexibility index (Phi) is 5.69. The quantitative estimate of drug-likeness (QED) is 0.721. The first kappa shape index (κ1) is 18.8. The van der Waals surface area contributed by atoms with Crippen molar-refractivity contribution in [1.82, 2.24) is 20.1 Å². The van der Waals surface area contributed by atoms with Gasteiger partial charge in [-0.05, 0) is 61.6 Å². The highest BCUT2D eigenvalue weighted by Gasteiger charge is 2.22. The third-order valence-electron chi connectivity index (χ3n) is 4.47. The highest BCUT2D eigenvalue weighted by atomic mass is 16.1. The number of aryl methyl sites for hydroxylation is 1. The minimum Gasteiger partial charge on any atom is -0.348 e. The average Bonchev–Trinajstić information content (AvgIpc) is 2.96. The van der Waals surface area contributed by atoms with Crippen molar-refractivity contribution in [3.05, 3.63) is 76.9 Å². The molecular formula is C22H26N4O. The van der Waals surface area contributed by atoms with E-state index in [1.165, 1.54) is 0 Å². The van der Waals surface area contributed by atoms with Crippen molar-refractivity contribution in [2.24, 2.45) is 5.92 Å². The van der Waals surface area contributed by atoms with Gasteiger partial charge < -0.3 is 5.32 Å². The van der Waals surface area contributed by atoms with Gasteiger partial charge >= 0.3 is 0 Å². The molecule has 0 radical (unpaired) electrons. The van der Waals surface area contributed by atoms with Crippen LogP contribution in [-0.4, -0.2) is 20.7 Å². The van der Waals surface area contributed by atoms with Crippen molar-refractivity contribution in [1.29, 1.82) is 0 Å². The van der Waals surface area contributed by atoms with Crippen LogP contribution in [0.2, 0.25) is 0 Å². The molecule has 0 aliphatic carbocycles. The fourth-order valence-corrected chi connectivity index (χ4v) is 3.17. The molecule has 0 aliphatic rings. The van der Waals surface area contributed by atoms with Gasteiger partial charge in [0.25, 0.3) is 5.91 Å². The molecule has 5 nitrogen and oxygen atoms in total. The fraction of sp³-hybridized carbons (Fsp3) is 0.318. The molecule has 0 fully saturated rings. The largest absolute Gasteiger partial charge is 0.348 e. The molecule has 1 aromatic carbocycles. The summed E-state index contributed by atoms with van der Waals surface area (Å²) in [6.45, 7) is 8.76. The van der Waals surface area contributed by atoms with Gasteiger partial charge in [0.1, 0.15) is 0 Å². The number of nitrogens with one attached hydrogen (secondary N) is 1. The lowest BCUT2D eigenvalue weighted by molar-refractivity contribution is 0.0949. The SMILES string of the molecule is Cc1cccc(-n2nc(CC(C)C)c(C(=O)NCc3ccncc3)c2C)c1. The van der Waals surface area contributed by atoms with E-state index in [9.17, 15) is 4.79 Å². The molecule has 0 unspecified atom stereocenters. The van der Waals surface area contributed by atoms with Crippen molar-refractivity contribution in [2.75, 3.05) is 0 Å². The molecule has 0 saturated heterocycles. The van der Waals surface area contributed by atoms with E-state index in [0.29, 0.717) is 18.0 Å². The van der Waals surface area contributed by atoms with Crippen LogP contribution in [0.3, 0.4) is 0 Å².